The topological polar surface area (TPSA) is 78.5 Å². The van der Waals surface area contributed by atoms with Crippen LogP contribution in [0.1, 0.15) is 34.3 Å². The van der Waals surface area contributed by atoms with Gasteiger partial charge >= 0.3 is 0 Å². The van der Waals surface area contributed by atoms with Crippen molar-refractivity contribution in [1.29, 1.82) is 0 Å². The zero-order valence-electron chi connectivity index (χ0n) is 16.2. The van der Waals surface area contributed by atoms with Crippen molar-refractivity contribution in [2.75, 3.05) is 18.4 Å². The first-order valence-electron chi connectivity index (χ1n) is 9.44. The van der Waals surface area contributed by atoms with E-state index in [0.29, 0.717) is 11.3 Å². The number of aryl methyl sites for hydroxylation is 2. The van der Waals surface area contributed by atoms with Gasteiger partial charge in [0.25, 0.3) is 5.91 Å². The molecule has 0 bridgehead atoms. The number of nitrogens with one attached hydrogen (secondary N) is 2. The maximum Gasteiger partial charge on any atom is 0.254 e. The summed E-state index contributed by atoms with van der Waals surface area (Å²) < 4.78 is 0. The largest absolute Gasteiger partial charge is 0.345 e. The standard InChI is InChI=1S/C22H25N3O3/c1-15-7-9-17(10-8-15)24-20(26)13-23-21(27)14-25(18-11-12-18)22(28)19-6-4-3-5-16(19)2/h3-10,18H,11-14H2,1-2H3,(H,23,27)(H,24,26). The van der Waals surface area contributed by atoms with Gasteiger partial charge in [-0.3, -0.25) is 14.4 Å². The molecule has 6 nitrogen and oxygen atoms in total. The van der Waals surface area contributed by atoms with Crippen molar-refractivity contribution >= 4 is 23.4 Å². The van der Waals surface area contributed by atoms with Gasteiger partial charge in [-0.15, -0.1) is 0 Å². The third kappa shape index (κ3) is 5.19. The van der Waals surface area contributed by atoms with Crippen molar-refractivity contribution in [3.8, 4) is 0 Å². The third-order valence-corrected chi connectivity index (χ3v) is 4.72. The minimum absolute atomic E-state index is 0.0460. The average molecular weight is 379 g/mol. The molecule has 146 valence electrons. The SMILES string of the molecule is Cc1ccc(NC(=O)CNC(=O)CN(C(=O)c2ccccc2C)C2CC2)cc1. The van der Waals surface area contributed by atoms with Crippen molar-refractivity contribution in [2.45, 2.75) is 32.7 Å². The molecule has 1 saturated carbocycles. The minimum Gasteiger partial charge on any atom is -0.345 e. The van der Waals surface area contributed by atoms with Crippen LogP contribution in [-0.2, 0) is 9.59 Å². The van der Waals surface area contributed by atoms with Gasteiger partial charge in [-0.2, -0.15) is 0 Å². The average Bonchev–Trinajstić information content (AvgIpc) is 3.51. The van der Waals surface area contributed by atoms with Crippen LogP contribution in [-0.4, -0.2) is 41.8 Å². The molecule has 2 N–H and O–H groups in total. The van der Waals surface area contributed by atoms with Crippen LogP contribution in [0.3, 0.4) is 0 Å². The predicted molar refractivity (Wildman–Crippen MR) is 108 cm³/mol. The molecule has 3 rings (SSSR count). The lowest BCUT2D eigenvalue weighted by Gasteiger charge is -2.22. The summed E-state index contributed by atoms with van der Waals surface area (Å²) in [5.74, 6) is -0.784. The molecule has 6 heteroatoms. The number of hydrogen-bond acceptors (Lipinski definition) is 3. The highest BCUT2D eigenvalue weighted by Gasteiger charge is 2.34. The molecule has 3 amide bonds. The number of carbonyl (C=O) groups is 3. The Labute approximate surface area is 164 Å². The smallest absolute Gasteiger partial charge is 0.254 e. The van der Waals surface area contributed by atoms with Gasteiger partial charge in [0.1, 0.15) is 6.54 Å². The number of anilines is 1. The second-order valence-electron chi connectivity index (χ2n) is 7.17. The van der Waals surface area contributed by atoms with Crippen molar-refractivity contribution in [3.05, 3.63) is 65.2 Å². The number of hydrogen-bond donors (Lipinski definition) is 2. The molecule has 2 aromatic carbocycles. The fourth-order valence-corrected chi connectivity index (χ4v) is 2.95. The summed E-state index contributed by atoms with van der Waals surface area (Å²) in [7, 11) is 0. The van der Waals surface area contributed by atoms with Crippen molar-refractivity contribution in [2.24, 2.45) is 0 Å². The molecule has 0 saturated heterocycles. The van der Waals surface area contributed by atoms with Crippen molar-refractivity contribution in [1.82, 2.24) is 10.2 Å². The Morgan fingerprint density at radius 2 is 1.64 bits per heavy atom. The highest BCUT2D eigenvalue weighted by Crippen LogP contribution is 2.28. The number of benzene rings is 2. The number of amides is 3. The minimum atomic E-state index is -0.340. The molecule has 0 aromatic heterocycles. The normalized spacial score (nSPS) is 12.9. The lowest BCUT2D eigenvalue weighted by Crippen LogP contribution is -2.44. The van der Waals surface area contributed by atoms with E-state index in [2.05, 4.69) is 10.6 Å². The summed E-state index contributed by atoms with van der Waals surface area (Å²) in [6.07, 6.45) is 1.80. The van der Waals surface area contributed by atoms with E-state index >= 15 is 0 Å². The van der Waals surface area contributed by atoms with Crippen LogP contribution in [0.25, 0.3) is 0 Å². The highest BCUT2D eigenvalue weighted by atomic mass is 16.2. The van der Waals surface area contributed by atoms with Crippen LogP contribution in [0.4, 0.5) is 5.69 Å². The maximum absolute atomic E-state index is 12.9. The van der Waals surface area contributed by atoms with Gasteiger partial charge in [-0.05, 0) is 50.5 Å². The van der Waals surface area contributed by atoms with Gasteiger partial charge < -0.3 is 15.5 Å². The summed E-state index contributed by atoms with van der Waals surface area (Å²) in [6.45, 7) is 3.67. The second kappa shape index (κ2) is 8.69. The first-order valence-corrected chi connectivity index (χ1v) is 9.44. The fourth-order valence-electron chi connectivity index (χ4n) is 2.95. The summed E-state index contributed by atoms with van der Waals surface area (Å²) >= 11 is 0. The third-order valence-electron chi connectivity index (χ3n) is 4.72. The summed E-state index contributed by atoms with van der Waals surface area (Å²) in [6, 6.07) is 14.9. The van der Waals surface area contributed by atoms with Gasteiger partial charge in [-0.25, -0.2) is 0 Å². The van der Waals surface area contributed by atoms with E-state index in [1.807, 2.05) is 56.3 Å². The Morgan fingerprint density at radius 3 is 2.29 bits per heavy atom. The number of nitrogens with zero attached hydrogens (tertiary/aromatic N) is 1. The highest BCUT2D eigenvalue weighted by molar-refractivity contribution is 5.99. The molecule has 28 heavy (non-hydrogen) atoms. The van der Waals surface area contributed by atoms with Crippen LogP contribution in [0.15, 0.2) is 48.5 Å². The summed E-state index contributed by atoms with van der Waals surface area (Å²) in [4.78, 5) is 38.8. The monoisotopic (exact) mass is 379 g/mol. The van der Waals surface area contributed by atoms with E-state index in [1.54, 1.807) is 11.0 Å². The van der Waals surface area contributed by atoms with E-state index in [0.717, 1.165) is 24.0 Å². The maximum atomic E-state index is 12.9. The fraction of sp³-hybridized carbons (Fsp3) is 0.318. The molecule has 1 fully saturated rings. The van der Waals surface area contributed by atoms with Gasteiger partial charge in [-0.1, -0.05) is 35.9 Å². The lowest BCUT2D eigenvalue weighted by molar-refractivity contribution is -0.124. The molecule has 1 aliphatic carbocycles. The molecular formula is C22H25N3O3. The molecule has 0 radical (unpaired) electrons. The Bertz CT molecular complexity index is 873. The zero-order valence-corrected chi connectivity index (χ0v) is 16.2. The molecule has 2 aromatic rings. The second-order valence-corrected chi connectivity index (χ2v) is 7.17. The molecule has 0 spiro atoms. The van der Waals surface area contributed by atoms with Crippen LogP contribution in [0, 0.1) is 13.8 Å². The van der Waals surface area contributed by atoms with Crippen LogP contribution in [0.2, 0.25) is 0 Å². The Kier molecular flexibility index (Phi) is 6.09. The first kappa shape index (κ1) is 19.6. The van der Waals surface area contributed by atoms with E-state index < -0.39 is 0 Å². The predicted octanol–water partition coefficient (Wildman–Crippen LogP) is 2.66. The van der Waals surface area contributed by atoms with E-state index in [4.69, 9.17) is 0 Å². The molecule has 1 aliphatic rings. The molecule has 0 atom stereocenters. The number of rotatable bonds is 7. The Hall–Kier alpha value is -3.15. The van der Waals surface area contributed by atoms with Gasteiger partial charge in [0.2, 0.25) is 11.8 Å². The van der Waals surface area contributed by atoms with E-state index in [-0.39, 0.29) is 36.9 Å². The zero-order chi connectivity index (χ0) is 20.1. The van der Waals surface area contributed by atoms with Crippen LogP contribution < -0.4 is 10.6 Å². The summed E-state index contributed by atoms with van der Waals surface area (Å²) in [5.41, 5.74) is 3.28. The van der Waals surface area contributed by atoms with E-state index in [1.165, 1.54) is 0 Å². The first-order chi connectivity index (χ1) is 13.4. The van der Waals surface area contributed by atoms with Crippen molar-refractivity contribution in [3.63, 3.8) is 0 Å². The summed E-state index contributed by atoms with van der Waals surface area (Å²) in [5, 5.41) is 5.34. The van der Waals surface area contributed by atoms with Crippen molar-refractivity contribution < 1.29 is 14.4 Å². The Morgan fingerprint density at radius 1 is 0.964 bits per heavy atom. The lowest BCUT2D eigenvalue weighted by atomic mass is 10.1. The van der Waals surface area contributed by atoms with Gasteiger partial charge in [0.05, 0.1) is 6.54 Å². The quantitative estimate of drug-likeness (QED) is 0.776. The molecule has 0 unspecified atom stereocenters. The van der Waals surface area contributed by atoms with E-state index in [9.17, 15) is 14.4 Å². The van der Waals surface area contributed by atoms with Crippen LogP contribution >= 0.6 is 0 Å². The van der Waals surface area contributed by atoms with Gasteiger partial charge in [0.15, 0.2) is 0 Å². The van der Waals surface area contributed by atoms with Gasteiger partial charge in [0, 0.05) is 17.3 Å². The number of carbonyl (C=O) groups excluding carboxylic acids is 3. The molecular weight excluding hydrogens is 354 g/mol. The van der Waals surface area contributed by atoms with Crippen LogP contribution in [0.5, 0.6) is 0 Å². The Balaban J connectivity index is 1.53. The molecule has 0 heterocycles. The molecule has 0 aliphatic heterocycles.